The SMILES string of the molecule is Cc1cc(C2CCC(n3c(=O)c4c(ncn4C)n(C)c3=O)CC2)on1. The molecule has 0 aromatic carbocycles. The van der Waals surface area contributed by atoms with Crippen LogP contribution in [-0.4, -0.2) is 23.8 Å². The van der Waals surface area contributed by atoms with Gasteiger partial charge in [-0.1, -0.05) is 5.16 Å². The van der Waals surface area contributed by atoms with E-state index in [2.05, 4.69) is 10.1 Å². The largest absolute Gasteiger partial charge is 0.361 e. The lowest BCUT2D eigenvalue weighted by molar-refractivity contribution is 0.268. The smallest absolute Gasteiger partial charge is 0.332 e. The maximum absolute atomic E-state index is 12.9. The Morgan fingerprint density at radius 1 is 1.16 bits per heavy atom. The normalized spacial score (nSPS) is 21.1. The highest BCUT2D eigenvalue weighted by Crippen LogP contribution is 2.37. The maximum Gasteiger partial charge on any atom is 0.332 e. The van der Waals surface area contributed by atoms with Crippen LogP contribution in [0.1, 0.15) is 49.1 Å². The molecule has 0 bridgehead atoms. The second-order valence-corrected chi connectivity index (χ2v) is 6.92. The molecule has 1 saturated carbocycles. The van der Waals surface area contributed by atoms with Crippen LogP contribution in [0, 0.1) is 6.92 Å². The molecule has 8 heteroatoms. The van der Waals surface area contributed by atoms with E-state index in [0.717, 1.165) is 37.1 Å². The summed E-state index contributed by atoms with van der Waals surface area (Å²) in [5.74, 6) is 1.20. The fourth-order valence-corrected chi connectivity index (χ4v) is 3.88. The molecule has 0 atom stereocenters. The molecule has 0 amide bonds. The van der Waals surface area contributed by atoms with Crippen molar-refractivity contribution in [3.05, 3.63) is 44.7 Å². The molecular formula is C17H21N5O3. The van der Waals surface area contributed by atoms with Gasteiger partial charge in [-0.05, 0) is 32.6 Å². The Morgan fingerprint density at radius 3 is 2.52 bits per heavy atom. The van der Waals surface area contributed by atoms with Gasteiger partial charge in [0.2, 0.25) is 0 Å². The van der Waals surface area contributed by atoms with E-state index < -0.39 is 0 Å². The first-order valence-electron chi connectivity index (χ1n) is 8.53. The van der Waals surface area contributed by atoms with E-state index in [9.17, 15) is 9.59 Å². The molecule has 1 aliphatic carbocycles. The molecule has 0 N–H and O–H groups in total. The molecule has 0 aliphatic heterocycles. The summed E-state index contributed by atoms with van der Waals surface area (Å²) in [7, 11) is 3.44. The minimum atomic E-state index is -0.296. The van der Waals surface area contributed by atoms with Gasteiger partial charge in [0.15, 0.2) is 11.2 Å². The predicted molar refractivity (Wildman–Crippen MR) is 91.7 cm³/mol. The summed E-state index contributed by atoms with van der Waals surface area (Å²) in [5.41, 5.74) is 1.23. The summed E-state index contributed by atoms with van der Waals surface area (Å²) in [4.78, 5) is 29.8. The molecule has 4 rings (SSSR count). The lowest BCUT2D eigenvalue weighted by Gasteiger charge is -2.28. The zero-order chi connectivity index (χ0) is 17.7. The van der Waals surface area contributed by atoms with Crippen molar-refractivity contribution in [2.24, 2.45) is 14.1 Å². The van der Waals surface area contributed by atoms with E-state index in [1.54, 1.807) is 25.0 Å². The topological polar surface area (TPSA) is 87.9 Å². The standard InChI is InChI=1S/C17H21N5O3/c1-10-8-13(25-19-10)11-4-6-12(7-5-11)22-16(23)14-15(18-9-20(14)2)21(3)17(22)24/h8-9,11-12H,4-7H2,1-3H3. The first-order valence-corrected chi connectivity index (χ1v) is 8.53. The molecule has 3 heterocycles. The molecule has 25 heavy (non-hydrogen) atoms. The Hall–Kier alpha value is -2.64. The molecule has 3 aromatic heterocycles. The Balaban J connectivity index is 1.68. The lowest BCUT2D eigenvalue weighted by atomic mass is 9.84. The Kier molecular flexibility index (Phi) is 3.63. The van der Waals surface area contributed by atoms with Gasteiger partial charge in [0.05, 0.1) is 12.0 Å². The van der Waals surface area contributed by atoms with E-state index in [4.69, 9.17) is 4.52 Å². The zero-order valence-corrected chi connectivity index (χ0v) is 14.6. The van der Waals surface area contributed by atoms with E-state index in [0.29, 0.717) is 17.1 Å². The summed E-state index contributed by atoms with van der Waals surface area (Å²) in [6.45, 7) is 1.91. The fourth-order valence-electron chi connectivity index (χ4n) is 3.88. The third-order valence-corrected chi connectivity index (χ3v) is 5.26. The number of hydrogen-bond donors (Lipinski definition) is 0. The minimum Gasteiger partial charge on any atom is -0.361 e. The highest BCUT2D eigenvalue weighted by Gasteiger charge is 2.29. The Morgan fingerprint density at radius 2 is 1.88 bits per heavy atom. The third kappa shape index (κ3) is 2.43. The molecule has 8 nitrogen and oxygen atoms in total. The van der Waals surface area contributed by atoms with Crippen LogP contribution in [-0.2, 0) is 14.1 Å². The second kappa shape index (κ2) is 5.72. The van der Waals surface area contributed by atoms with Crippen LogP contribution in [0.4, 0.5) is 0 Å². The van der Waals surface area contributed by atoms with Gasteiger partial charge in [-0.2, -0.15) is 0 Å². The molecule has 0 unspecified atom stereocenters. The summed E-state index contributed by atoms with van der Waals surface area (Å²) in [6, 6.07) is 1.88. The molecule has 0 spiro atoms. The molecule has 1 fully saturated rings. The van der Waals surface area contributed by atoms with Crippen LogP contribution in [0.25, 0.3) is 11.2 Å². The van der Waals surface area contributed by atoms with Crippen LogP contribution < -0.4 is 11.2 Å². The Labute approximate surface area is 143 Å². The van der Waals surface area contributed by atoms with Crippen molar-refractivity contribution in [2.45, 2.75) is 44.6 Å². The van der Waals surface area contributed by atoms with Crippen molar-refractivity contribution >= 4 is 11.2 Å². The van der Waals surface area contributed by atoms with Gasteiger partial charge in [0, 0.05) is 32.1 Å². The lowest BCUT2D eigenvalue weighted by Crippen LogP contribution is -2.42. The van der Waals surface area contributed by atoms with Gasteiger partial charge < -0.3 is 9.09 Å². The number of imidazole rings is 1. The highest BCUT2D eigenvalue weighted by molar-refractivity contribution is 5.69. The molecule has 1 aliphatic rings. The van der Waals surface area contributed by atoms with Crippen molar-refractivity contribution in [3.8, 4) is 0 Å². The summed E-state index contributed by atoms with van der Waals surface area (Å²) in [6.07, 6.45) is 4.85. The number of hydrogen-bond acceptors (Lipinski definition) is 5. The van der Waals surface area contributed by atoms with Crippen LogP contribution in [0.15, 0.2) is 26.5 Å². The van der Waals surface area contributed by atoms with E-state index >= 15 is 0 Å². The van der Waals surface area contributed by atoms with Gasteiger partial charge >= 0.3 is 5.69 Å². The fraction of sp³-hybridized carbons (Fsp3) is 0.529. The molecule has 0 radical (unpaired) electrons. The maximum atomic E-state index is 12.9. The van der Waals surface area contributed by atoms with Gasteiger partial charge in [0.1, 0.15) is 5.76 Å². The van der Waals surface area contributed by atoms with Crippen molar-refractivity contribution in [3.63, 3.8) is 0 Å². The van der Waals surface area contributed by atoms with Crippen LogP contribution >= 0.6 is 0 Å². The van der Waals surface area contributed by atoms with Gasteiger partial charge in [-0.3, -0.25) is 13.9 Å². The number of fused-ring (bicyclic) bond motifs is 1. The number of rotatable bonds is 2. The second-order valence-electron chi connectivity index (χ2n) is 6.92. The van der Waals surface area contributed by atoms with Gasteiger partial charge in [0.25, 0.3) is 5.56 Å². The van der Waals surface area contributed by atoms with Gasteiger partial charge in [-0.25, -0.2) is 9.78 Å². The summed E-state index contributed by atoms with van der Waals surface area (Å²) < 4.78 is 9.92. The number of aryl methyl sites for hydroxylation is 3. The first kappa shape index (κ1) is 15.9. The quantitative estimate of drug-likeness (QED) is 0.706. The van der Waals surface area contributed by atoms with Crippen molar-refractivity contribution in [2.75, 3.05) is 0 Å². The average molecular weight is 343 g/mol. The molecule has 132 valence electrons. The number of nitrogens with zero attached hydrogens (tertiary/aromatic N) is 5. The predicted octanol–water partition coefficient (Wildman–Crippen LogP) is 1.63. The third-order valence-electron chi connectivity index (χ3n) is 5.26. The van der Waals surface area contributed by atoms with E-state index in [1.807, 2.05) is 13.0 Å². The van der Waals surface area contributed by atoms with E-state index in [1.165, 1.54) is 9.13 Å². The monoisotopic (exact) mass is 343 g/mol. The van der Waals surface area contributed by atoms with Crippen LogP contribution in [0.5, 0.6) is 0 Å². The first-order chi connectivity index (χ1) is 12.0. The minimum absolute atomic E-state index is 0.0919. The number of aromatic nitrogens is 5. The van der Waals surface area contributed by atoms with Crippen molar-refractivity contribution in [1.29, 1.82) is 0 Å². The van der Waals surface area contributed by atoms with Crippen LogP contribution in [0.3, 0.4) is 0 Å². The van der Waals surface area contributed by atoms with Crippen molar-refractivity contribution < 1.29 is 4.52 Å². The highest BCUT2D eigenvalue weighted by atomic mass is 16.5. The molecule has 3 aromatic rings. The summed E-state index contributed by atoms with van der Waals surface area (Å²) >= 11 is 0. The van der Waals surface area contributed by atoms with Crippen LogP contribution in [0.2, 0.25) is 0 Å². The van der Waals surface area contributed by atoms with Crippen molar-refractivity contribution in [1.82, 2.24) is 23.8 Å². The van der Waals surface area contributed by atoms with E-state index in [-0.39, 0.29) is 17.3 Å². The Bertz CT molecular complexity index is 1050. The average Bonchev–Trinajstić information content (AvgIpc) is 3.20. The van der Waals surface area contributed by atoms with Gasteiger partial charge in [-0.15, -0.1) is 0 Å². The molecular weight excluding hydrogens is 322 g/mol. The molecule has 0 saturated heterocycles. The zero-order valence-electron chi connectivity index (χ0n) is 14.6. The summed E-state index contributed by atoms with van der Waals surface area (Å²) in [5, 5.41) is 3.95.